The van der Waals surface area contributed by atoms with E-state index in [1.54, 1.807) is 35.0 Å². The summed E-state index contributed by atoms with van der Waals surface area (Å²) in [5.74, 6) is 0.862. The average Bonchev–Trinajstić information content (AvgIpc) is 3.49. The van der Waals surface area contributed by atoms with Crippen LogP contribution in [0, 0.1) is 0 Å². The van der Waals surface area contributed by atoms with Gasteiger partial charge in [-0.15, -0.1) is 11.3 Å². The number of hydrazone groups is 1. The van der Waals surface area contributed by atoms with Gasteiger partial charge in [0.2, 0.25) is 6.10 Å². The number of carbonyl (C=O) groups excluding carboxylic acids is 1. The van der Waals surface area contributed by atoms with E-state index in [2.05, 4.69) is 21.5 Å². The van der Waals surface area contributed by atoms with Crippen molar-refractivity contribution in [3.63, 3.8) is 0 Å². The molecule has 2 aliphatic rings. The number of thiazole rings is 1. The Balaban J connectivity index is 1.30. The van der Waals surface area contributed by atoms with Crippen LogP contribution in [0.1, 0.15) is 24.1 Å². The van der Waals surface area contributed by atoms with Gasteiger partial charge in [-0.3, -0.25) is 4.79 Å². The normalized spacial score (nSPS) is 18.3. The lowest BCUT2D eigenvalue weighted by Crippen LogP contribution is -2.42. The molecule has 3 aromatic rings. The number of aromatic nitrogens is 1. The highest BCUT2D eigenvalue weighted by molar-refractivity contribution is 7.18. The number of carbonyl (C=O) groups is 1. The Morgan fingerprint density at radius 1 is 1.16 bits per heavy atom. The quantitative estimate of drug-likeness (QED) is 0.463. The van der Waals surface area contributed by atoms with E-state index < -0.39 is 6.10 Å². The highest BCUT2D eigenvalue weighted by atomic mass is 32.1. The van der Waals surface area contributed by atoms with Crippen LogP contribution in [0.25, 0.3) is 10.6 Å². The van der Waals surface area contributed by atoms with E-state index in [-0.39, 0.29) is 12.5 Å². The van der Waals surface area contributed by atoms with Crippen LogP contribution < -0.4 is 19.8 Å². The van der Waals surface area contributed by atoms with Crippen molar-refractivity contribution in [1.82, 2.24) is 10.4 Å². The fraction of sp³-hybridized carbons (Fsp3) is 0.318. The summed E-state index contributed by atoms with van der Waals surface area (Å²) in [6, 6.07) is 11.4. The number of nitrogens with one attached hydrogen (secondary N) is 1. The highest BCUT2D eigenvalue weighted by Gasteiger charge is 2.27. The summed E-state index contributed by atoms with van der Waals surface area (Å²) in [4.78, 5) is 21.8. The third kappa shape index (κ3) is 4.42. The Morgan fingerprint density at radius 3 is 2.81 bits per heavy atom. The zero-order chi connectivity index (χ0) is 21.0. The predicted molar refractivity (Wildman–Crippen MR) is 124 cm³/mol. The number of para-hydroxylation sites is 2. The molecule has 2 aliphatic heterocycles. The van der Waals surface area contributed by atoms with Crippen LogP contribution in [0.4, 0.5) is 5.13 Å². The number of fused-ring (bicyclic) bond motifs is 1. The fourth-order valence-electron chi connectivity index (χ4n) is 3.59. The van der Waals surface area contributed by atoms with Gasteiger partial charge in [0.1, 0.15) is 12.3 Å². The van der Waals surface area contributed by atoms with E-state index in [0.29, 0.717) is 11.5 Å². The monoisotopic (exact) mass is 454 g/mol. The number of anilines is 1. The summed E-state index contributed by atoms with van der Waals surface area (Å²) in [5.41, 5.74) is 3.49. The van der Waals surface area contributed by atoms with Crippen LogP contribution in [0.15, 0.2) is 46.9 Å². The summed E-state index contributed by atoms with van der Waals surface area (Å²) < 4.78 is 11.3. The molecule has 0 spiro atoms. The Labute approximate surface area is 188 Å². The zero-order valence-corrected chi connectivity index (χ0v) is 18.5. The highest BCUT2D eigenvalue weighted by Crippen LogP contribution is 2.35. The lowest BCUT2D eigenvalue weighted by atomic mass is 10.1. The van der Waals surface area contributed by atoms with Gasteiger partial charge in [-0.2, -0.15) is 5.10 Å². The van der Waals surface area contributed by atoms with Gasteiger partial charge in [-0.1, -0.05) is 29.5 Å². The van der Waals surface area contributed by atoms with Crippen LogP contribution in [0.5, 0.6) is 11.5 Å². The predicted octanol–water partition coefficient (Wildman–Crippen LogP) is 4.15. The molecule has 5 rings (SSSR count). The number of amides is 1. The van der Waals surface area contributed by atoms with Crippen LogP contribution >= 0.6 is 22.7 Å². The Morgan fingerprint density at radius 2 is 2.00 bits per heavy atom. The van der Waals surface area contributed by atoms with Crippen molar-refractivity contribution >= 4 is 39.9 Å². The van der Waals surface area contributed by atoms with Gasteiger partial charge in [0.25, 0.3) is 5.91 Å². The van der Waals surface area contributed by atoms with Gasteiger partial charge in [-0.25, -0.2) is 10.4 Å². The largest absolute Gasteiger partial charge is 0.485 e. The molecule has 1 fully saturated rings. The number of piperidine rings is 1. The molecule has 160 valence electrons. The van der Waals surface area contributed by atoms with Crippen LogP contribution in [-0.2, 0) is 4.79 Å². The maximum Gasteiger partial charge on any atom is 0.284 e. The Kier molecular flexibility index (Phi) is 5.86. The number of rotatable bonds is 5. The Bertz CT molecular complexity index is 1070. The van der Waals surface area contributed by atoms with Crippen molar-refractivity contribution < 1.29 is 14.3 Å². The molecular formula is C22H22N4O3S2. The van der Waals surface area contributed by atoms with E-state index in [1.807, 2.05) is 29.6 Å². The smallest absolute Gasteiger partial charge is 0.284 e. The van der Waals surface area contributed by atoms with Crippen molar-refractivity contribution in [2.75, 3.05) is 24.6 Å². The first-order chi connectivity index (χ1) is 15.3. The van der Waals surface area contributed by atoms with Crippen LogP contribution in [-0.4, -0.2) is 42.9 Å². The van der Waals surface area contributed by atoms with E-state index in [9.17, 15) is 4.79 Å². The first kappa shape index (κ1) is 20.0. The first-order valence-electron chi connectivity index (χ1n) is 10.3. The van der Waals surface area contributed by atoms with Gasteiger partial charge in [-0.05, 0) is 42.8 Å². The van der Waals surface area contributed by atoms with Gasteiger partial charge < -0.3 is 14.4 Å². The summed E-state index contributed by atoms with van der Waals surface area (Å²) in [7, 11) is 0. The second kappa shape index (κ2) is 9.07. The van der Waals surface area contributed by atoms with E-state index in [0.717, 1.165) is 33.7 Å². The molecule has 4 heterocycles. The molecule has 0 bridgehead atoms. The molecule has 31 heavy (non-hydrogen) atoms. The average molecular weight is 455 g/mol. The van der Waals surface area contributed by atoms with E-state index >= 15 is 0 Å². The number of hydrogen-bond acceptors (Lipinski definition) is 8. The maximum atomic E-state index is 12.5. The van der Waals surface area contributed by atoms with Gasteiger partial charge in [0.15, 0.2) is 16.6 Å². The maximum absolute atomic E-state index is 12.5. The minimum atomic E-state index is -0.741. The van der Waals surface area contributed by atoms with Gasteiger partial charge in [0.05, 0.1) is 16.0 Å². The standard InChI is InChI=1S/C22H22N4O3S2/c27-21(17-14-28-15-7-2-3-8-16(15)29-17)25-23-13-19-20(18-9-6-12-30-18)24-22(31-19)26-10-4-1-5-11-26/h2-3,6-9,12-13,17H,1,4-5,10-11,14H2,(H,25,27)/b23-13-/t17-/m0/s1. The van der Waals surface area contributed by atoms with Crippen molar-refractivity contribution in [2.24, 2.45) is 5.10 Å². The molecule has 1 N–H and O–H groups in total. The summed E-state index contributed by atoms with van der Waals surface area (Å²) in [6.07, 6.45) is 4.60. The second-order valence-electron chi connectivity index (χ2n) is 7.33. The minimum Gasteiger partial charge on any atom is -0.485 e. The molecule has 1 aromatic carbocycles. The van der Waals surface area contributed by atoms with Gasteiger partial charge >= 0.3 is 0 Å². The Hall–Kier alpha value is -2.91. The molecule has 0 aliphatic carbocycles. The number of hydrogen-bond donors (Lipinski definition) is 1. The summed E-state index contributed by atoms with van der Waals surface area (Å²) >= 11 is 3.25. The number of benzene rings is 1. The van der Waals surface area contributed by atoms with Crippen molar-refractivity contribution in [2.45, 2.75) is 25.4 Å². The zero-order valence-electron chi connectivity index (χ0n) is 16.8. The first-order valence-corrected chi connectivity index (χ1v) is 12.0. The summed E-state index contributed by atoms with van der Waals surface area (Å²) in [6.45, 7) is 2.22. The molecule has 1 saturated heterocycles. The minimum absolute atomic E-state index is 0.151. The van der Waals surface area contributed by atoms with Gasteiger partial charge in [0, 0.05) is 13.1 Å². The van der Waals surface area contributed by atoms with E-state index in [1.165, 1.54) is 19.3 Å². The van der Waals surface area contributed by atoms with Crippen molar-refractivity contribution in [1.29, 1.82) is 0 Å². The topological polar surface area (TPSA) is 76.1 Å². The molecular weight excluding hydrogens is 432 g/mol. The SMILES string of the molecule is O=C(N/N=C\c1sc(N2CCCCC2)nc1-c1cccs1)[C@@H]1COc2ccccc2O1. The molecule has 0 unspecified atom stereocenters. The number of nitrogens with zero attached hydrogens (tertiary/aromatic N) is 3. The van der Waals surface area contributed by atoms with Crippen LogP contribution in [0.3, 0.4) is 0 Å². The molecule has 7 nitrogen and oxygen atoms in total. The third-order valence-corrected chi connectivity index (χ3v) is 7.11. The molecule has 9 heteroatoms. The fourth-order valence-corrected chi connectivity index (χ4v) is 5.39. The van der Waals surface area contributed by atoms with Crippen molar-refractivity contribution in [3.05, 3.63) is 46.7 Å². The molecule has 0 radical (unpaired) electrons. The second-order valence-corrected chi connectivity index (χ2v) is 9.29. The number of ether oxygens (including phenoxy) is 2. The summed E-state index contributed by atoms with van der Waals surface area (Å²) in [5, 5.41) is 7.25. The number of thiophene rings is 1. The lowest BCUT2D eigenvalue weighted by molar-refractivity contribution is -0.130. The third-order valence-electron chi connectivity index (χ3n) is 5.18. The van der Waals surface area contributed by atoms with Crippen LogP contribution in [0.2, 0.25) is 0 Å². The van der Waals surface area contributed by atoms with Crippen molar-refractivity contribution in [3.8, 4) is 22.1 Å². The molecule has 1 amide bonds. The molecule has 1 atom stereocenters. The van der Waals surface area contributed by atoms with E-state index in [4.69, 9.17) is 14.5 Å². The molecule has 0 saturated carbocycles. The lowest BCUT2D eigenvalue weighted by Gasteiger charge is -2.25. The molecule has 2 aromatic heterocycles.